The van der Waals surface area contributed by atoms with Crippen molar-refractivity contribution in [3.63, 3.8) is 0 Å². The van der Waals surface area contributed by atoms with Gasteiger partial charge in [-0.2, -0.15) is 0 Å². The van der Waals surface area contributed by atoms with Crippen LogP contribution in [-0.4, -0.2) is 21.4 Å². The fourth-order valence-corrected chi connectivity index (χ4v) is 1.64. The third kappa shape index (κ3) is 2.31. The van der Waals surface area contributed by atoms with E-state index in [0.717, 1.165) is 16.6 Å². The smallest absolute Gasteiger partial charge is 0.204 e. The Hall–Kier alpha value is -2.04. The van der Waals surface area contributed by atoms with E-state index in [1.807, 2.05) is 24.3 Å². The Balaban J connectivity index is 2.20. The van der Waals surface area contributed by atoms with Crippen molar-refractivity contribution in [2.45, 2.75) is 12.8 Å². The first-order valence-corrected chi connectivity index (χ1v) is 5.08. The molecule has 0 saturated carbocycles. The second-order valence-electron chi connectivity index (χ2n) is 3.50. The molecule has 0 amide bonds. The molecule has 0 N–H and O–H groups in total. The number of hydrogen-bond donors (Lipinski definition) is 0. The number of nitrogens with zero attached hydrogens (tertiary/aromatic N) is 3. The van der Waals surface area contributed by atoms with Crippen LogP contribution in [0.2, 0.25) is 0 Å². The van der Waals surface area contributed by atoms with Crippen molar-refractivity contribution in [1.82, 2.24) is 9.97 Å². The molecule has 1 aromatic carbocycles. The van der Waals surface area contributed by atoms with Crippen LogP contribution in [-0.2, 0) is 6.42 Å². The first-order valence-electron chi connectivity index (χ1n) is 5.08. The van der Waals surface area contributed by atoms with E-state index in [0.29, 0.717) is 12.8 Å². The van der Waals surface area contributed by atoms with Gasteiger partial charge in [0, 0.05) is 16.7 Å². The minimum Gasteiger partial charge on any atom is -0.265 e. The lowest BCUT2D eigenvalue weighted by atomic mass is 10.1. The van der Waals surface area contributed by atoms with Gasteiger partial charge in [-0.25, -0.2) is 9.97 Å². The first-order chi connectivity index (χ1) is 7.77. The van der Waals surface area contributed by atoms with Crippen LogP contribution in [0.3, 0.4) is 0 Å². The van der Waals surface area contributed by atoms with Gasteiger partial charge in [-0.05, 0) is 12.5 Å². The van der Waals surface area contributed by atoms with E-state index < -0.39 is 0 Å². The molecule has 0 aliphatic carbocycles. The molecule has 0 fully saturated rings. The van der Waals surface area contributed by atoms with E-state index >= 15 is 0 Å². The molecule has 1 aromatic heterocycles. The summed E-state index contributed by atoms with van der Waals surface area (Å²) >= 11 is 0. The number of nitro groups is 1. The van der Waals surface area contributed by atoms with E-state index in [4.69, 9.17) is 0 Å². The monoisotopic (exact) mass is 217 g/mol. The fraction of sp³-hybridized carbons (Fsp3) is 0.273. The molecule has 0 unspecified atom stereocenters. The summed E-state index contributed by atoms with van der Waals surface area (Å²) in [5, 5.41) is 11.2. The number of rotatable bonds is 4. The number of para-hydroxylation sites is 1. The maximum absolute atomic E-state index is 10.2. The second-order valence-corrected chi connectivity index (χ2v) is 3.50. The molecule has 0 saturated heterocycles. The average molecular weight is 217 g/mol. The molecule has 2 aromatic rings. The van der Waals surface area contributed by atoms with Gasteiger partial charge in [-0.15, -0.1) is 0 Å². The van der Waals surface area contributed by atoms with Crippen LogP contribution in [0.5, 0.6) is 0 Å². The minimum atomic E-state index is -0.302. The maximum Gasteiger partial charge on any atom is 0.204 e. The molecular weight excluding hydrogens is 206 g/mol. The van der Waals surface area contributed by atoms with E-state index in [2.05, 4.69) is 9.97 Å². The van der Waals surface area contributed by atoms with Gasteiger partial charge in [-0.3, -0.25) is 10.1 Å². The van der Waals surface area contributed by atoms with E-state index in [-0.39, 0.29) is 11.5 Å². The Morgan fingerprint density at radius 2 is 2.06 bits per heavy atom. The number of aryl methyl sites for hydroxylation is 1. The first kappa shape index (κ1) is 10.5. The summed E-state index contributed by atoms with van der Waals surface area (Å²) in [6.07, 6.45) is 2.63. The molecule has 5 heteroatoms. The summed E-state index contributed by atoms with van der Waals surface area (Å²) in [5.74, 6) is 0. The summed E-state index contributed by atoms with van der Waals surface area (Å²) in [4.78, 5) is 18.2. The molecular formula is C11H11N3O2. The second kappa shape index (κ2) is 4.65. The highest BCUT2D eigenvalue weighted by atomic mass is 16.6. The van der Waals surface area contributed by atoms with Crippen molar-refractivity contribution in [2.75, 3.05) is 6.54 Å². The molecule has 5 nitrogen and oxygen atoms in total. The summed E-state index contributed by atoms with van der Waals surface area (Å²) in [5.41, 5.74) is 1.76. The zero-order chi connectivity index (χ0) is 11.4. The van der Waals surface area contributed by atoms with E-state index in [9.17, 15) is 10.1 Å². The molecule has 16 heavy (non-hydrogen) atoms. The van der Waals surface area contributed by atoms with Crippen molar-refractivity contribution in [3.8, 4) is 0 Å². The highest BCUT2D eigenvalue weighted by molar-refractivity contribution is 5.80. The maximum atomic E-state index is 10.2. The van der Waals surface area contributed by atoms with Gasteiger partial charge in [0.15, 0.2) is 0 Å². The van der Waals surface area contributed by atoms with Crippen LogP contribution >= 0.6 is 0 Å². The molecule has 0 spiro atoms. The Kier molecular flexibility index (Phi) is 3.05. The van der Waals surface area contributed by atoms with Gasteiger partial charge in [0.1, 0.15) is 6.33 Å². The van der Waals surface area contributed by atoms with Gasteiger partial charge < -0.3 is 0 Å². The predicted octanol–water partition coefficient (Wildman–Crippen LogP) is 1.84. The Labute approximate surface area is 92.3 Å². The van der Waals surface area contributed by atoms with Gasteiger partial charge >= 0.3 is 0 Å². The number of aromatic nitrogens is 2. The highest BCUT2D eigenvalue weighted by Crippen LogP contribution is 2.15. The van der Waals surface area contributed by atoms with Crippen LogP contribution in [0.4, 0.5) is 0 Å². The van der Waals surface area contributed by atoms with Crippen LogP contribution in [0.1, 0.15) is 12.1 Å². The van der Waals surface area contributed by atoms with Crippen LogP contribution in [0.25, 0.3) is 10.9 Å². The van der Waals surface area contributed by atoms with Crippen LogP contribution in [0.15, 0.2) is 30.6 Å². The quantitative estimate of drug-likeness (QED) is 0.578. The Morgan fingerprint density at radius 1 is 1.25 bits per heavy atom. The van der Waals surface area contributed by atoms with Gasteiger partial charge in [0.25, 0.3) is 0 Å². The standard InChI is InChI=1S/C11H11N3O2/c15-14(16)7-3-6-11-9-4-1-2-5-10(9)12-8-13-11/h1-2,4-5,8H,3,6-7H2. The topological polar surface area (TPSA) is 68.9 Å². The highest BCUT2D eigenvalue weighted by Gasteiger charge is 2.04. The Morgan fingerprint density at radius 3 is 2.88 bits per heavy atom. The van der Waals surface area contributed by atoms with Gasteiger partial charge in [0.05, 0.1) is 11.2 Å². The van der Waals surface area contributed by atoms with Crippen molar-refractivity contribution in [2.24, 2.45) is 0 Å². The summed E-state index contributed by atoms with van der Waals surface area (Å²) < 4.78 is 0. The van der Waals surface area contributed by atoms with E-state index in [1.165, 1.54) is 6.33 Å². The molecule has 0 aliphatic heterocycles. The molecule has 0 aliphatic rings. The summed E-state index contributed by atoms with van der Waals surface area (Å²) in [6, 6.07) is 7.68. The Bertz CT molecular complexity index is 508. The number of benzene rings is 1. The molecule has 82 valence electrons. The summed E-state index contributed by atoms with van der Waals surface area (Å²) in [6.45, 7) is -0.0155. The van der Waals surface area contributed by atoms with Crippen molar-refractivity contribution in [1.29, 1.82) is 0 Å². The molecule has 0 bridgehead atoms. The van der Waals surface area contributed by atoms with Crippen molar-refractivity contribution in [3.05, 3.63) is 46.4 Å². The molecule has 0 radical (unpaired) electrons. The van der Waals surface area contributed by atoms with Crippen LogP contribution < -0.4 is 0 Å². The molecule has 0 atom stereocenters. The zero-order valence-electron chi connectivity index (χ0n) is 8.67. The van der Waals surface area contributed by atoms with Crippen LogP contribution in [0, 0.1) is 10.1 Å². The zero-order valence-corrected chi connectivity index (χ0v) is 8.67. The van der Waals surface area contributed by atoms with E-state index in [1.54, 1.807) is 0 Å². The fourth-order valence-electron chi connectivity index (χ4n) is 1.64. The largest absolute Gasteiger partial charge is 0.265 e. The van der Waals surface area contributed by atoms with Gasteiger partial charge in [-0.1, -0.05) is 18.2 Å². The molecule has 2 rings (SSSR count). The normalized spacial score (nSPS) is 10.5. The minimum absolute atomic E-state index is 0.0155. The third-order valence-electron chi connectivity index (χ3n) is 2.38. The lowest BCUT2D eigenvalue weighted by Gasteiger charge is -2.02. The lowest BCUT2D eigenvalue weighted by Crippen LogP contribution is -2.03. The average Bonchev–Trinajstić information content (AvgIpc) is 2.29. The molecule has 1 heterocycles. The number of fused-ring (bicyclic) bond motifs is 1. The number of hydrogen-bond acceptors (Lipinski definition) is 4. The SMILES string of the molecule is O=[N+]([O-])CCCc1ncnc2ccccc12. The lowest BCUT2D eigenvalue weighted by molar-refractivity contribution is -0.480. The predicted molar refractivity (Wildman–Crippen MR) is 59.7 cm³/mol. The van der Waals surface area contributed by atoms with Crippen molar-refractivity contribution >= 4 is 10.9 Å². The van der Waals surface area contributed by atoms with Gasteiger partial charge in [0.2, 0.25) is 6.54 Å². The van der Waals surface area contributed by atoms with Crippen molar-refractivity contribution < 1.29 is 4.92 Å². The third-order valence-corrected chi connectivity index (χ3v) is 2.38. The summed E-state index contributed by atoms with van der Waals surface area (Å²) in [7, 11) is 0.